The molecule has 1 N–H and O–H groups in total. The first-order chi connectivity index (χ1) is 7.43. The Morgan fingerprint density at radius 3 is 2.87 bits per heavy atom. The van der Waals surface area contributed by atoms with Crippen molar-refractivity contribution in [3.63, 3.8) is 0 Å². The third-order valence-electron chi connectivity index (χ3n) is 2.48. The maximum atomic E-state index is 5.56. The van der Waals surface area contributed by atoms with Crippen LogP contribution in [0.2, 0.25) is 0 Å². The molecule has 1 aliphatic heterocycles. The monoisotopic (exact) mass is 217 g/mol. The summed E-state index contributed by atoms with van der Waals surface area (Å²) in [7, 11) is 1.71. The zero-order valence-corrected chi connectivity index (χ0v) is 9.67. The Bertz CT molecular complexity index is 138. The normalized spacial score (nSPS) is 21.8. The Labute approximate surface area is 92.3 Å². The number of nitrogens with one attached hydrogen (secondary N) is 1. The van der Waals surface area contributed by atoms with E-state index in [1.807, 2.05) is 0 Å². The summed E-state index contributed by atoms with van der Waals surface area (Å²) < 4.78 is 16.0. The highest BCUT2D eigenvalue weighted by Crippen LogP contribution is 2.12. The quantitative estimate of drug-likeness (QED) is 0.611. The molecule has 1 fully saturated rings. The molecular formula is C11H23NO3. The van der Waals surface area contributed by atoms with Crippen LogP contribution in [0.4, 0.5) is 0 Å². The summed E-state index contributed by atoms with van der Waals surface area (Å²) in [5.41, 5.74) is 0. The average molecular weight is 217 g/mol. The Kier molecular flexibility index (Phi) is 7.83. The second kappa shape index (κ2) is 9.09. The fraction of sp³-hybridized carbons (Fsp3) is 1.00. The minimum atomic E-state index is 0.331. The highest BCUT2D eigenvalue weighted by atomic mass is 16.5. The van der Waals surface area contributed by atoms with E-state index < -0.39 is 0 Å². The maximum absolute atomic E-state index is 5.56. The molecule has 4 nitrogen and oxygen atoms in total. The van der Waals surface area contributed by atoms with E-state index in [0.29, 0.717) is 6.10 Å². The third kappa shape index (κ3) is 6.84. The fourth-order valence-corrected chi connectivity index (χ4v) is 1.60. The predicted molar refractivity (Wildman–Crippen MR) is 59.2 cm³/mol. The highest BCUT2D eigenvalue weighted by molar-refractivity contribution is 4.62. The summed E-state index contributed by atoms with van der Waals surface area (Å²) in [5, 5.41) is 3.23. The minimum Gasteiger partial charge on any atom is -0.383 e. The van der Waals surface area contributed by atoms with Gasteiger partial charge >= 0.3 is 0 Å². The molecule has 0 aromatic rings. The van der Waals surface area contributed by atoms with Gasteiger partial charge in [0.25, 0.3) is 0 Å². The predicted octanol–water partition coefficient (Wildman–Crippen LogP) is 0.808. The average Bonchev–Trinajstić information content (AvgIpc) is 2.29. The van der Waals surface area contributed by atoms with E-state index >= 15 is 0 Å². The summed E-state index contributed by atoms with van der Waals surface area (Å²) in [6, 6.07) is 0. The van der Waals surface area contributed by atoms with Crippen LogP contribution in [0.5, 0.6) is 0 Å². The van der Waals surface area contributed by atoms with Crippen molar-refractivity contribution in [2.45, 2.75) is 25.4 Å². The second-order valence-corrected chi connectivity index (χ2v) is 3.81. The summed E-state index contributed by atoms with van der Waals surface area (Å²) in [5.74, 6) is 0. The van der Waals surface area contributed by atoms with Crippen molar-refractivity contribution in [1.29, 1.82) is 0 Å². The fourth-order valence-electron chi connectivity index (χ4n) is 1.60. The van der Waals surface area contributed by atoms with Gasteiger partial charge in [-0.3, -0.25) is 0 Å². The lowest BCUT2D eigenvalue weighted by Crippen LogP contribution is -2.28. The van der Waals surface area contributed by atoms with Crippen molar-refractivity contribution in [2.75, 3.05) is 46.6 Å². The van der Waals surface area contributed by atoms with Crippen molar-refractivity contribution in [2.24, 2.45) is 0 Å². The molecule has 1 unspecified atom stereocenters. The molecular weight excluding hydrogens is 194 g/mol. The van der Waals surface area contributed by atoms with Gasteiger partial charge in [0.05, 0.1) is 25.9 Å². The van der Waals surface area contributed by atoms with Gasteiger partial charge < -0.3 is 19.5 Å². The van der Waals surface area contributed by atoms with Gasteiger partial charge in [-0.05, 0) is 19.3 Å². The van der Waals surface area contributed by atoms with Gasteiger partial charge in [0.2, 0.25) is 0 Å². The van der Waals surface area contributed by atoms with Gasteiger partial charge in [-0.1, -0.05) is 0 Å². The highest BCUT2D eigenvalue weighted by Gasteiger charge is 2.13. The summed E-state index contributed by atoms with van der Waals surface area (Å²) in [6.07, 6.45) is 3.96. The third-order valence-corrected chi connectivity index (χ3v) is 2.48. The van der Waals surface area contributed by atoms with Gasteiger partial charge in [0.1, 0.15) is 0 Å². The lowest BCUT2D eigenvalue weighted by atomic mass is 10.1. The van der Waals surface area contributed by atoms with Gasteiger partial charge in [0, 0.05) is 26.8 Å². The first-order valence-corrected chi connectivity index (χ1v) is 5.82. The molecule has 1 saturated heterocycles. The Balaban J connectivity index is 1.79. The molecule has 0 aromatic carbocycles. The van der Waals surface area contributed by atoms with Crippen LogP contribution in [0.3, 0.4) is 0 Å². The molecule has 90 valence electrons. The van der Waals surface area contributed by atoms with Crippen molar-refractivity contribution in [3.8, 4) is 0 Å². The number of hydrogen-bond donors (Lipinski definition) is 1. The molecule has 0 amide bonds. The van der Waals surface area contributed by atoms with Crippen LogP contribution in [0, 0.1) is 0 Å². The second-order valence-electron chi connectivity index (χ2n) is 3.81. The summed E-state index contributed by atoms with van der Waals surface area (Å²) >= 11 is 0. The van der Waals surface area contributed by atoms with E-state index in [-0.39, 0.29) is 0 Å². The van der Waals surface area contributed by atoms with Crippen LogP contribution in [0.25, 0.3) is 0 Å². The van der Waals surface area contributed by atoms with Crippen molar-refractivity contribution in [1.82, 2.24) is 5.32 Å². The van der Waals surface area contributed by atoms with Crippen LogP contribution >= 0.6 is 0 Å². The maximum Gasteiger partial charge on any atom is 0.0808 e. The number of hydrogen-bond acceptors (Lipinski definition) is 4. The number of rotatable bonds is 8. The number of ether oxygens (including phenoxy) is 3. The topological polar surface area (TPSA) is 39.7 Å². The van der Waals surface area contributed by atoms with Crippen molar-refractivity contribution >= 4 is 0 Å². The molecule has 0 spiro atoms. The lowest BCUT2D eigenvalue weighted by Gasteiger charge is -2.22. The molecule has 1 aliphatic rings. The molecule has 0 saturated carbocycles. The Hall–Kier alpha value is -0.160. The zero-order chi connectivity index (χ0) is 10.8. The molecule has 15 heavy (non-hydrogen) atoms. The molecule has 1 rings (SSSR count). The molecule has 1 heterocycles. The first-order valence-electron chi connectivity index (χ1n) is 5.82. The standard InChI is InChI=1S/C11H23NO3/c1-13-8-5-12-6-9-14-10-11-4-2-3-7-15-11/h11-12H,2-10H2,1H3. The van der Waals surface area contributed by atoms with Crippen LogP contribution < -0.4 is 5.32 Å². The van der Waals surface area contributed by atoms with Crippen LogP contribution in [0.15, 0.2) is 0 Å². The largest absolute Gasteiger partial charge is 0.383 e. The van der Waals surface area contributed by atoms with E-state index in [2.05, 4.69) is 5.32 Å². The van der Waals surface area contributed by atoms with Crippen molar-refractivity contribution in [3.05, 3.63) is 0 Å². The molecule has 4 heteroatoms. The van der Waals surface area contributed by atoms with E-state index in [1.165, 1.54) is 12.8 Å². The molecule has 0 bridgehead atoms. The first kappa shape index (κ1) is 12.9. The van der Waals surface area contributed by atoms with E-state index in [1.54, 1.807) is 7.11 Å². The minimum absolute atomic E-state index is 0.331. The van der Waals surface area contributed by atoms with Gasteiger partial charge in [-0.2, -0.15) is 0 Å². The molecule has 0 aromatic heterocycles. The smallest absolute Gasteiger partial charge is 0.0808 e. The summed E-state index contributed by atoms with van der Waals surface area (Å²) in [4.78, 5) is 0. The SMILES string of the molecule is COCCNCCOCC1CCCCO1. The van der Waals surface area contributed by atoms with Gasteiger partial charge in [-0.15, -0.1) is 0 Å². The van der Waals surface area contributed by atoms with E-state index in [4.69, 9.17) is 14.2 Å². The Morgan fingerprint density at radius 2 is 2.13 bits per heavy atom. The van der Waals surface area contributed by atoms with E-state index in [0.717, 1.165) is 45.9 Å². The van der Waals surface area contributed by atoms with Gasteiger partial charge in [0.15, 0.2) is 0 Å². The van der Waals surface area contributed by atoms with Gasteiger partial charge in [-0.25, -0.2) is 0 Å². The van der Waals surface area contributed by atoms with Crippen LogP contribution in [0.1, 0.15) is 19.3 Å². The molecule has 0 aliphatic carbocycles. The van der Waals surface area contributed by atoms with Crippen LogP contribution in [-0.4, -0.2) is 52.7 Å². The lowest BCUT2D eigenvalue weighted by molar-refractivity contribution is -0.0399. The Morgan fingerprint density at radius 1 is 1.27 bits per heavy atom. The van der Waals surface area contributed by atoms with E-state index in [9.17, 15) is 0 Å². The van der Waals surface area contributed by atoms with Crippen molar-refractivity contribution < 1.29 is 14.2 Å². The molecule has 1 atom stereocenters. The zero-order valence-electron chi connectivity index (χ0n) is 9.67. The van der Waals surface area contributed by atoms with Crippen LogP contribution in [-0.2, 0) is 14.2 Å². The molecule has 0 radical (unpaired) electrons. The number of methoxy groups -OCH3 is 1. The summed E-state index contributed by atoms with van der Waals surface area (Å²) in [6.45, 7) is 4.93.